The molecule has 4 aliphatic rings. The Morgan fingerprint density at radius 2 is 1.53 bits per heavy atom. The van der Waals surface area contributed by atoms with Crippen LogP contribution in [0.2, 0.25) is 0 Å². The number of nitrogens with zero attached hydrogens (tertiary/aromatic N) is 4. The van der Waals surface area contributed by atoms with Crippen molar-refractivity contribution in [3.63, 3.8) is 0 Å². The highest BCUT2D eigenvalue weighted by atomic mass is 15.5. The van der Waals surface area contributed by atoms with Crippen molar-refractivity contribution in [2.24, 2.45) is 5.10 Å². The summed E-state index contributed by atoms with van der Waals surface area (Å²) in [7, 11) is 0. The molecule has 0 N–H and O–H groups in total. The van der Waals surface area contributed by atoms with E-state index in [1.165, 1.54) is 38.3 Å². The van der Waals surface area contributed by atoms with Crippen LogP contribution in [0.1, 0.15) is 66.6 Å². The van der Waals surface area contributed by atoms with E-state index >= 15 is 0 Å². The van der Waals surface area contributed by atoms with Gasteiger partial charge in [-0.1, -0.05) is 92.8 Å². The zero-order valence-electron chi connectivity index (χ0n) is 25.1. The molecule has 4 nitrogen and oxygen atoms in total. The molecule has 2 aliphatic carbocycles. The van der Waals surface area contributed by atoms with Gasteiger partial charge >= 0.3 is 0 Å². The van der Waals surface area contributed by atoms with Gasteiger partial charge in [0.15, 0.2) is 5.82 Å². The fourth-order valence-electron chi connectivity index (χ4n) is 6.33. The average molecular weight is 561 g/mol. The van der Waals surface area contributed by atoms with E-state index in [1.54, 1.807) is 0 Å². The lowest BCUT2D eigenvalue weighted by atomic mass is 9.90. The zero-order valence-corrected chi connectivity index (χ0v) is 25.1. The Morgan fingerprint density at radius 1 is 0.767 bits per heavy atom. The summed E-state index contributed by atoms with van der Waals surface area (Å²) in [5.74, 6) is 0.752. The molecule has 3 heterocycles. The molecule has 43 heavy (non-hydrogen) atoms. The first-order valence-corrected chi connectivity index (χ1v) is 15.5. The van der Waals surface area contributed by atoms with Crippen molar-refractivity contribution in [2.45, 2.75) is 52.9 Å². The predicted molar refractivity (Wildman–Crippen MR) is 179 cm³/mol. The van der Waals surface area contributed by atoms with Gasteiger partial charge in [-0.15, -0.1) is 0 Å². The normalized spacial score (nSPS) is 15.7. The SMILES string of the molecule is CC.Cc1c(-c2nc(C3=NN4C=c5ccccc5=CC4=CC3)cc(-c3ccc4c(c3)C=CCC4)n2)ccc2c1C=CCC2. The number of fused-ring (bicyclic) bond motifs is 4. The van der Waals surface area contributed by atoms with Crippen LogP contribution in [0.3, 0.4) is 0 Å². The zero-order chi connectivity index (χ0) is 29.3. The molecular formula is C39H36N4. The number of allylic oxidation sites excluding steroid dienone is 4. The van der Waals surface area contributed by atoms with Crippen LogP contribution in [0, 0.1) is 6.92 Å². The number of aromatic nitrogens is 2. The van der Waals surface area contributed by atoms with Crippen LogP contribution < -0.4 is 10.4 Å². The van der Waals surface area contributed by atoms with E-state index < -0.39 is 0 Å². The fraction of sp³-hybridized carbons (Fsp3) is 0.205. The van der Waals surface area contributed by atoms with Gasteiger partial charge in [0.25, 0.3) is 0 Å². The Morgan fingerprint density at radius 3 is 2.42 bits per heavy atom. The van der Waals surface area contributed by atoms with Crippen LogP contribution in [-0.2, 0) is 12.8 Å². The van der Waals surface area contributed by atoms with Crippen LogP contribution in [0.5, 0.6) is 0 Å². The lowest BCUT2D eigenvalue weighted by Gasteiger charge is -2.24. The summed E-state index contributed by atoms with van der Waals surface area (Å²) in [6.07, 6.45) is 20.7. The van der Waals surface area contributed by atoms with E-state index in [0.29, 0.717) is 6.42 Å². The van der Waals surface area contributed by atoms with E-state index in [-0.39, 0.29) is 0 Å². The molecule has 0 unspecified atom stereocenters. The Hall–Kier alpha value is -4.83. The second-order valence-corrected chi connectivity index (χ2v) is 11.2. The van der Waals surface area contributed by atoms with Crippen LogP contribution in [0.15, 0.2) is 89.7 Å². The summed E-state index contributed by atoms with van der Waals surface area (Å²) in [4.78, 5) is 10.4. The molecule has 0 saturated heterocycles. The molecule has 2 aliphatic heterocycles. The van der Waals surface area contributed by atoms with Crippen LogP contribution in [0.25, 0.3) is 47.1 Å². The van der Waals surface area contributed by atoms with Crippen molar-refractivity contribution < 1.29 is 0 Å². The first-order chi connectivity index (χ1) is 21.2. The quantitative estimate of drug-likeness (QED) is 0.259. The first kappa shape index (κ1) is 27.0. The molecule has 0 atom stereocenters. The van der Waals surface area contributed by atoms with E-state index in [0.717, 1.165) is 65.4 Å². The van der Waals surface area contributed by atoms with E-state index in [1.807, 2.05) is 18.9 Å². The topological polar surface area (TPSA) is 41.4 Å². The molecule has 4 heteroatoms. The summed E-state index contributed by atoms with van der Waals surface area (Å²) in [5.41, 5.74) is 12.6. The monoisotopic (exact) mass is 560 g/mol. The van der Waals surface area contributed by atoms with E-state index in [2.05, 4.69) is 110 Å². The average Bonchev–Trinajstić information content (AvgIpc) is 3.08. The molecule has 0 saturated carbocycles. The molecule has 8 rings (SSSR count). The Kier molecular flexibility index (Phi) is 7.20. The van der Waals surface area contributed by atoms with Crippen LogP contribution in [-0.4, -0.2) is 20.7 Å². The number of hydrogen-bond acceptors (Lipinski definition) is 4. The minimum Gasteiger partial charge on any atom is -0.240 e. The molecule has 212 valence electrons. The van der Waals surface area contributed by atoms with Crippen molar-refractivity contribution in [1.82, 2.24) is 15.0 Å². The molecule has 0 amide bonds. The summed E-state index contributed by atoms with van der Waals surface area (Å²) in [6.45, 7) is 6.20. The molecule has 4 aromatic rings. The number of aryl methyl sites for hydroxylation is 2. The largest absolute Gasteiger partial charge is 0.240 e. The minimum absolute atomic E-state index is 0.715. The number of benzene rings is 3. The highest BCUT2D eigenvalue weighted by Crippen LogP contribution is 2.33. The maximum atomic E-state index is 5.18. The van der Waals surface area contributed by atoms with Gasteiger partial charge in [-0.3, -0.25) is 0 Å². The highest BCUT2D eigenvalue weighted by Gasteiger charge is 2.21. The molecule has 3 aromatic carbocycles. The Balaban J connectivity index is 0.00000147. The lowest BCUT2D eigenvalue weighted by molar-refractivity contribution is 0.551. The van der Waals surface area contributed by atoms with Gasteiger partial charge in [-0.05, 0) is 83.9 Å². The maximum absolute atomic E-state index is 5.18. The minimum atomic E-state index is 0.715. The maximum Gasteiger partial charge on any atom is 0.160 e. The van der Waals surface area contributed by atoms with Crippen molar-refractivity contribution in [2.75, 3.05) is 0 Å². The molecule has 0 fully saturated rings. The number of rotatable bonds is 3. The summed E-state index contributed by atoms with van der Waals surface area (Å²) in [6, 6.07) is 21.7. The van der Waals surface area contributed by atoms with Crippen LogP contribution >= 0.6 is 0 Å². The van der Waals surface area contributed by atoms with Gasteiger partial charge in [0.05, 0.1) is 22.8 Å². The number of hydrazone groups is 1. The van der Waals surface area contributed by atoms with Crippen molar-refractivity contribution in [1.29, 1.82) is 0 Å². The third-order valence-electron chi connectivity index (χ3n) is 8.61. The Labute approximate surface area is 253 Å². The third kappa shape index (κ3) is 5.08. The Bertz CT molecular complexity index is 1990. The van der Waals surface area contributed by atoms with E-state index in [9.17, 15) is 0 Å². The standard InChI is InChI=1S/C37H30N4.C2H6/c1-24-32-13-7-6-9-26(32)16-18-33(24)37-38-35(29-15-14-25-8-2-3-10-27(25)20-29)22-36(39-37)34-19-17-31-21-28-11-4-5-12-30(28)23-41(31)40-34;1-2/h3-5,7,10-18,20-23H,2,6,8-9,19H2,1H3;1-2H3. The fourth-order valence-corrected chi connectivity index (χ4v) is 6.33. The van der Waals surface area contributed by atoms with Gasteiger partial charge in [0, 0.05) is 29.0 Å². The smallest absolute Gasteiger partial charge is 0.160 e. The van der Waals surface area contributed by atoms with Gasteiger partial charge in [-0.2, -0.15) is 5.10 Å². The van der Waals surface area contributed by atoms with E-state index in [4.69, 9.17) is 15.1 Å². The summed E-state index contributed by atoms with van der Waals surface area (Å²) in [5, 5.41) is 9.46. The van der Waals surface area contributed by atoms with Gasteiger partial charge < -0.3 is 0 Å². The first-order valence-electron chi connectivity index (χ1n) is 15.5. The van der Waals surface area contributed by atoms with Crippen molar-refractivity contribution >= 4 is 30.1 Å². The van der Waals surface area contributed by atoms with Crippen molar-refractivity contribution in [3.8, 4) is 22.6 Å². The molecule has 0 spiro atoms. The molecule has 0 bridgehead atoms. The molecule has 1 aromatic heterocycles. The van der Waals surface area contributed by atoms with Gasteiger partial charge in [0.2, 0.25) is 0 Å². The predicted octanol–water partition coefficient (Wildman–Crippen LogP) is 7.59. The number of hydrogen-bond donors (Lipinski definition) is 0. The second-order valence-electron chi connectivity index (χ2n) is 11.2. The third-order valence-corrected chi connectivity index (χ3v) is 8.61. The van der Waals surface area contributed by atoms with Crippen molar-refractivity contribution in [3.05, 3.63) is 129 Å². The molecule has 0 radical (unpaired) electrons. The highest BCUT2D eigenvalue weighted by molar-refractivity contribution is 6.02. The van der Waals surface area contributed by atoms with Crippen LogP contribution in [0.4, 0.5) is 0 Å². The van der Waals surface area contributed by atoms with Gasteiger partial charge in [-0.25, -0.2) is 15.0 Å². The summed E-state index contributed by atoms with van der Waals surface area (Å²) < 4.78 is 0. The van der Waals surface area contributed by atoms with Gasteiger partial charge in [0.1, 0.15) is 0 Å². The summed E-state index contributed by atoms with van der Waals surface area (Å²) >= 11 is 0. The molecular weight excluding hydrogens is 524 g/mol. The second kappa shape index (κ2) is 11.4. The lowest BCUT2D eigenvalue weighted by Crippen LogP contribution is -2.33.